The van der Waals surface area contributed by atoms with Crippen molar-refractivity contribution in [1.82, 2.24) is 24.8 Å². The van der Waals surface area contributed by atoms with Gasteiger partial charge in [-0.3, -0.25) is 4.57 Å². The molecule has 1 aliphatic heterocycles. The maximum Gasteiger partial charge on any atom is 0.394 e. The van der Waals surface area contributed by atoms with Crippen LogP contribution in [0.15, 0.2) is 30.9 Å². The van der Waals surface area contributed by atoms with Crippen molar-refractivity contribution in [2.24, 2.45) is 5.41 Å². The first kappa shape index (κ1) is 21.6. The molecule has 0 bridgehead atoms. The monoisotopic (exact) mass is 436 g/mol. The van der Waals surface area contributed by atoms with Crippen molar-refractivity contribution in [2.45, 2.75) is 31.9 Å². The van der Waals surface area contributed by atoms with E-state index >= 15 is 0 Å². The Bertz CT molecular complexity index is 916. The fourth-order valence-corrected chi connectivity index (χ4v) is 3.98. The van der Waals surface area contributed by atoms with Crippen LogP contribution < -0.4 is 10.2 Å². The highest BCUT2D eigenvalue weighted by molar-refractivity contribution is 5.79. The van der Waals surface area contributed by atoms with Crippen molar-refractivity contribution in [3.8, 4) is 11.3 Å². The van der Waals surface area contributed by atoms with Gasteiger partial charge in [0.2, 0.25) is 0 Å². The quantitative estimate of drug-likeness (QED) is 0.704. The van der Waals surface area contributed by atoms with Crippen LogP contribution in [0.25, 0.3) is 11.3 Å². The molecule has 2 aromatic heterocycles. The molecular formula is C21H27F3N6O. The topological polar surface area (TPSA) is 66.3 Å². The summed E-state index contributed by atoms with van der Waals surface area (Å²) in [4.78, 5) is 25.8. The number of carbonyl (C=O) groups is 1. The maximum absolute atomic E-state index is 13.0. The Morgan fingerprint density at radius 2 is 1.94 bits per heavy atom. The van der Waals surface area contributed by atoms with Crippen LogP contribution in [0.2, 0.25) is 0 Å². The van der Waals surface area contributed by atoms with Crippen LogP contribution in [0.4, 0.5) is 23.8 Å². The molecule has 0 aromatic carbocycles. The number of halogens is 3. The van der Waals surface area contributed by atoms with E-state index in [1.54, 1.807) is 12.4 Å². The van der Waals surface area contributed by atoms with Gasteiger partial charge in [-0.15, -0.1) is 0 Å². The van der Waals surface area contributed by atoms with Crippen LogP contribution in [0, 0.1) is 5.41 Å². The number of nitrogens with one attached hydrogen (secondary N) is 1. The number of imidazole rings is 1. The first-order valence-corrected chi connectivity index (χ1v) is 10.6. The Hall–Kier alpha value is -2.62. The molecule has 0 radical (unpaired) electrons. The minimum Gasteiger partial charge on any atom is -0.353 e. The molecule has 10 heteroatoms. The summed E-state index contributed by atoms with van der Waals surface area (Å²) < 4.78 is 40.3. The van der Waals surface area contributed by atoms with Gasteiger partial charge in [-0.2, -0.15) is 13.2 Å². The molecule has 2 aromatic rings. The van der Waals surface area contributed by atoms with E-state index in [1.807, 2.05) is 12.1 Å². The van der Waals surface area contributed by atoms with Crippen LogP contribution >= 0.6 is 0 Å². The zero-order valence-corrected chi connectivity index (χ0v) is 17.5. The molecule has 0 atom stereocenters. The van der Waals surface area contributed by atoms with Crippen molar-refractivity contribution >= 4 is 11.8 Å². The molecule has 0 spiro atoms. The molecule has 2 aliphatic rings. The van der Waals surface area contributed by atoms with Gasteiger partial charge < -0.3 is 15.1 Å². The summed E-state index contributed by atoms with van der Waals surface area (Å²) in [5.74, 6) is 0.836. The first-order chi connectivity index (χ1) is 14.8. The highest BCUT2D eigenvalue weighted by Crippen LogP contribution is 2.60. The molecule has 1 aliphatic carbocycles. The fourth-order valence-electron chi connectivity index (χ4n) is 3.98. The third-order valence-corrected chi connectivity index (χ3v) is 6.25. The van der Waals surface area contributed by atoms with E-state index in [1.165, 1.54) is 10.9 Å². The number of hydrogen-bond acceptors (Lipinski definition) is 5. The van der Waals surface area contributed by atoms with Crippen molar-refractivity contribution in [3.63, 3.8) is 0 Å². The van der Waals surface area contributed by atoms with Gasteiger partial charge in [0.05, 0.1) is 11.1 Å². The number of pyridine rings is 1. The van der Waals surface area contributed by atoms with Crippen LogP contribution in [0.1, 0.15) is 25.7 Å². The number of nitrogens with zero attached hydrogens (tertiary/aromatic N) is 5. The normalized spacial score (nSPS) is 18.8. The lowest BCUT2D eigenvalue weighted by atomic mass is 10.00. The highest BCUT2D eigenvalue weighted by Gasteiger charge is 2.62. The number of hydrogen-bond donors (Lipinski definition) is 1. The molecule has 1 amide bonds. The molecule has 0 unspecified atom stereocenters. The molecule has 1 saturated heterocycles. The Labute approximate surface area is 179 Å². The van der Waals surface area contributed by atoms with Crippen molar-refractivity contribution in [2.75, 3.05) is 44.7 Å². The number of likely N-dealkylation sites (N-methyl/N-ethyl adjacent to an activating group) is 1. The summed E-state index contributed by atoms with van der Waals surface area (Å²) in [6, 6.07) is 3.36. The van der Waals surface area contributed by atoms with Gasteiger partial charge in [-0.25, -0.2) is 14.8 Å². The van der Waals surface area contributed by atoms with E-state index in [4.69, 9.17) is 0 Å². The van der Waals surface area contributed by atoms with Crippen LogP contribution in [0.5, 0.6) is 0 Å². The van der Waals surface area contributed by atoms with Crippen LogP contribution in [0.3, 0.4) is 0 Å². The second-order valence-corrected chi connectivity index (χ2v) is 8.44. The molecule has 3 heterocycles. The molecule has 1 saturated carbocycles. The number of carbonyl (C=O) groups excluding carboxylic acids is 1. The summed E-state index contributed by atoms with van der Waals surface area (Å²) in [5.41, 5.74) is -0.0505. The average molecular weight is 436 g/mol. The van der Waals surface area contributed by atoms with Gasteiger partial charge in [0.15, 0.2) is 0 Å². The fraction of sp³-hybridized carbons (Fsp3) is 0.571. The number of anilines is 1. The first-order valence-electron chi connectivity index (χ1n) is 10.6. The predicted octanol–water partition coefficient (Wildman–Crippen LogP) is 3.38. The number of piperazine rings is 1. The van der Waals surface area contributed by atoms with E-state index in [0.29, 0.717) is 12.1 Å². The minimum absolute atomic E-state index is 0.0516. The summed E-state index contributed by atoms with van der Waals surface area (Å²) in [7, 11) is 2.09. The van der Waals surface area contributed by atoms with Gasteiger partial charge >= 0.3 is 12.2 Å². The Morgan fingerprint density at radius 3 is 2.61 bits per heavy atom. The molecule has 4 rings (SSSR count). The molecule has 1 N–H and O–H groups in total. The second kappa shape index (κ2) is 8.49. The standard InChI is InChI=1S/C21H27F3N6O/c1-28-10-12-29(13-11-28)18-16(4-2-8-25-18)17-14-30(15-27-17)19(31)26-9-3-5-20(6-7-20)21(22,23)24/h2,4,8,14-15H,3,5-7,9-13H2,1H3,(H,26,31). The molecule has 7 nitrogen and oxygen atoms in total. The number of rotatable bonds is 6. The predicted molar refractivity (Wildman–Crippen MR) is 111 cm³/mol. The minimum atomic E-state index is -4.15. The molecule has 31 heavy (non-hydrogen) atoms. The van der Waals surface area contributed by atoms with Crippen molar-refractivity contribution in [1.29, 1.82) is 0 Å². The maximum atomic E-state index is 13.0. The number of amides is 1. The number of alkyl halides is 3. The van der Waals surface area contributed by atoms with Gasteiger partial charge in [-0.05, 0) is 44.9 Å². The van der Waals surface area contributed by atoms with E-state index in [2.05, 4.69) is 32.1 Å². The Morgan fingerprint density at radius 1 is 1.19 bits per heavy atom. The van der Waals surface area contributed by atoms with Gasteiger partial charge in [0, 0.05) is 50.7 Å². The molecule has 168 valence electrons. The van der Waals surface area contributed by atoms with Crippen LogP contribution in [-0.2, 0) is 0 Å². The molecular weight excluding hydrogens is 409 g/mol. The summed E-state index contributed by atoms with van der Waals surface area (Å²) >= 11 is 0. The summed E-state index contributed by atoms with van der Waals surface area (Å²) in [6.07, 6.45) is 1.37. The lowest BCUT2D eigenvalue weighted by Gasteiger charge is -2.34. The second-order valence-electron chi connectivity index (χ2n) is 8.44. The zero-order valence-electron chi connectivity index (χ0n) is 17.5. The average Bonchev–Trinajstić information content (AvgIpc) is 3.40. The van der Waals surface area contributed by atoms with Gasteiger partial charge in [0.25, 0.3) is 0 Å². The zero-order chi connectivity index (χ0) is 22.1. The molecule has 2 fully saturated rings. The van der Waals surface area contributed by atoms with Crippen molar-refractivity contribution < 1.29 is 18.0 Å². The Kier molecular flexibility index (Phi) is 5.92. The summed E-state index contributed by atoms with van der Waals surface area (Å²) in [6.45, 7) is 3.82. The van der Waals surface area contributed by atoms with Gasteiger partial charge in [-0.1, -0.05) is 0 Å². The lowest BCUT2D eigenvalue weighted by molar-refractivity contribution is -0.189. The Balaban J connectivity index is 1.36. The van der Waals surface area contributed by atoms with E-state index in [0.717, 1.165) is 37.6 Å². The van der Waals surface area contributed by atoms with E-state index in [-0.39, 0.29) is 25.8 Å². The van der Waals surface area contributed by atoms with Gasteiger partial charge in [0.1, 0.15) is 12.1 Å². The van der Waals surface area contributed by atoms with E-state index < -0.39 is 17.6 Å². The van der Waals surface area contributed by atoms with Crippen LogP contribution in [-0.4, -0.2) is 71.4 Å². The SMILES string of the molecule is CN1CCN(c2ncccc2-c2cn(C(=O)NCCCC3(C(F)(F)F)CC3)cn2)CC1. The van der Waals surface area contributed by atoms with Crippen molar-refractivity contribution in [3.05, 3.63) is 30.9 Å². The smallest absolute Gasteiger partial charge is 0.353 e. The third-order valence-electron chi connectivity index (χ3n) is 6.25. The van der Waals surface area contributed by atoms with E-state index in [9.17, 15) is 18.0 Å². The lowest BCUT2D eigenvalue weighted by Crippen LogP contribution is -2.45. The summed E-state index contributed by atoms with van der Waals surface area (Å²) in [5, 5.41) is 2.68. The highest BCUT2D eigenvalue weighted by atomic mass is 19.4. The largest absolute Gasteiger partial charge is 0.394 e. The third kappa shape index (κ3) is 4.68. The number of aromatic nitrogens is 3.